The van der Waals surface area contributed by atoms with Gasteiger partial charge in [0.05, 0.1) is 19.8 Å². The van der Waals surface area contributed by atoms with Gasteiger partial charge >= 0.3 is 5.69 Å². The number of likely N-dealkylation sites (tertiary alicyclic amines) is 1. The van der Waals surface area contributed by atoms with Crippen molar-refractivity contribution in [2.24, 2.45) is 0 Å². The molecule has 0 spiro atoms. The topological polar surface area (TPSA) is 78.6 Å². The largest absolute Gasteiger partial charge is 0.494 e. The highest BCUT2D eigenvalue weighted by molar-refractivity contribution is 5.94. The first kappa shape index (κ1) is 21.1. The van der Waals surface area contributed by atoms with Crippen molar-refractivity contribution < 1.29 is 14.3 Å². The smallest absolute Gasteiger partial charge is 0.345 e. The molecule has 0 atom stereocenters. The SMILES string of the molecule is CCOc1ccc(C(=O)N2CCC(c3nn(CCOC)c(=O)n3CC)CC2)cc1. The average Bonchev–Trinajstić information content (AvgIpc) is 3.08. The molecule has 1 aliphatic rings. The van der Waals surface area contributed by atoms with Crippen LogP contribution in [-0.4, -0.2) is 58.6 Å². The quantitative estimate of drug-likeness (QED) is 0.676. The highest BCUT2D eigenvalue weighted by Crippen LogP contribution is 2.27. The maximum absolute atomic E-state index is 12.8. The standard InChI is InChI=1S/C21H30N4O4/c1-4-24-19(22-25(21(24)27)14-15-28-3)16-10-12-23(13-11-16)20(26)17-6-8-18(9-7-17)29-5-2/h6-9,16H,4-5,10-15H2,1-3H3. The van der Waals surface area contributed by atoms with Crippen LogP contribution in [0, 0.1) is 0 Å². The fourth-order valence-corrected chi connectivity index (χ4v) is 3.76. The lowest BCUT2D eigenvalue weighted by Crippen LogP contribution is -2.38. The number of hydrogen-bond donors (Lipinski definition) is 0. The second kappa shape index (κ2) is 9.73. The van der Waals surface area contributed by atoms with Crippen molar-refractivity contribution in [3.63, 3.8) is 0 Å². The first-order valence-electron chi connectivity index (χ1n) is 10.3. The van der Waals surface area contributed by atoms with Gasteiger partial charge in [-0.15, -0.1) is 0 Å². The van der Waals surface area contributed by atoms with Gasteiger partial charge in [-0.25, -0.2) is 9.48 Å². The van der Waals surface area contributed by atoms with Gasteiger partial charge in [-0.2, -0.15) is 5.10 Å². The molecule has 1 aromatic heterocycles. The molecule has 2 heterocycles. The van der Waals surface area contributed by atoms with E-state index in [9.17, 15) is 9.59 Å². The molecule has 0 N–H and O–H groups in total. The summed E-state index contributed by atoms with van der Waals surface area (Å²) < 4.78 is 13.7. The van der Waals surface area contributed by atoms with Gasteiger partial charge in [0.1, 0.15) is 11.6 Å². The van der Waals surface area contributed by atoms with Crippen LogP contribution in [0.5, 0.6) is 5.75 Å². The Morgan fingerprint density at radius 1 is 1.17 bits per heavy atom. The first-order valence-corrected chi connectivity index (χ1v) is 10.3. The van der Waals surface area contributed by atoms with E-state index in [0.29, 0.717) is 45.0 Å². The third kappa shape index (κ3) is 4.70. The predicted octanol–water partition coefficient (Wildman–Crippen LogP) is 2.13. The number of ether oxygens (including phenoxy) is 2. The zero-order chi connectivity index (χ0) is 20.8. The summed E-state index contributed by atoms with van der Waals surface area (Å²) in [5.74, 6) is 1.80. The molecule has 1 fully saturated rings. The molecule has 0 saturated carbocycles. The number of carbonyl (C=O) groups excluding carboxylic acids is 1. The van der Waals surface area contributed by atoms with Gasteiger partial charge in [0.15, 0.2) is 0 Å². The van der Waals surface area contributed by atoms with E-state index in [2.05, 4.69) is 5.10 Å². The molecular formula is C21H30N4O4. The third-order valence-electron chi connectivity index (χ3n) is 5.33. The Kier molecular flexibility index (Phi) is 7.09. The second-order valence-corrected chi connectivity index (χ2v) is 7.12. The van der Waals surface area contributed by atoms with Crippen LogP contribution < -0.4 is 10.4 Å². The third-order valence-corrected chi connectivity index (χ3v) is 5.33. The van der Waals surface area contributed by atoms with Crippen molar-refractivity contribution in [3.8, 4) is 5.75 Å². The highest BCUT2D eigenvalue weighted by Gasteiger charge is 2.28. The second-order valence-electron chi connectivity index (χ2n) is 7.12. The summed E-state index contributed by atoms with van der Waals surface area (Å²) in [6, 6.07) is 7.28. The minimum Gasteiger partial charge on any atom is -0.494 e. The summed E-state index contributed by atoms with van der Waals surface area (Å²) >= 11 is 0. The van der Waals surface area contributed by atoms with Crippen molar-refractivity contribution in [3.05, 3.63) is 46.1 Å². The number of nitrogens with zero attached hydrogens (tertiary/aromatic N) is 4. The molecule has 0 aliphatic carbocycles. The van der Waals surface area contributed by atoms with Crippen LogP contribution in [0.1, 0.15) is 48.8 Å². The summed E-state index contributed by atoms with van der Waals surface area (Å²) in [7, 11) is 1.61. The Morgan fingerprint density at radius 3 is 2.45 bits per heavy atom. The minimum atomic E-state index is -0.0903. The van der Waals surface area contributed by atoms with Gasteiger partial charge in [-0.1, -0.05) is 0 Å². The van der Waals surface area contributed by atoms with Gasteiger partial charge in [0, 0.05) is 38.2 Å². The van der Waals surface area contributed by atoms with Crippen LogP contribution in [0.3, 0.4) is 0 Å². The molecule has 29 heavy (non-hydrogen) atoms. The molecule has 8 nitrogen and oxygen atoms in total. The van der Waals surface area contributed by atoms with Crippen LogP contribution >= 0.6 is 0 Å². The fraction of sp³-hybridized carbons (Fsp3) is 0.571. The van der Waals surface area contributed by atoms with E-state index in [1.54, 1.807) is 11.7 Å². The molecule has 0 radical (unpaired) electrons. The minimum absolute atomic E-state index is 0.0324. The molecule has 0 unspecified atom stereocenters. The maximum atomic E-state index is 12.8. The van der Waals surface area contributed by atoms with Gasteiger partial charge in [0.25, 0.3) is 5.91 Å². The summed E-state index contributed by atoms with van der Waals surface area (Å²) in [4.78, 5) is 27.2. The molecular weight excluding hydrogens is 372 g/mol. The molecule has 1 amide bonds. The van der Waals surface area contributed by atoms with E-state index in [0.717, 1.165) is 24.4 Å². The van der Waals surface area contributed by atoms with Crippen LogP contribution in [-0.2, 0) is 17.8 Å². The molecule has 1 saturated heterocycles. The Balaban J connectivity index is 1.65. The molecule has 0 bridgehead atoms. The zero-order valence-corrected chi connectivity index (χ0v) is 17.5. The Bertz CT molecular complexity index is 864. The van der Waals surface area contributed by atoms with E-state index in [1.807, 2.05) is 43.0 Å². The van der Waals surface area contributed by atoms with E-state index in [-0.39, 0.29) is 17.5 Å². The first-order chi connectivity index (χ1) is 14.1. The number of methoxy groups -OCH3 is 1. The molecule has 1 aliphatic heterocycles. The molecule has 3 rings (SSSR count). The van der Waals surface area contributed by atoms with Crippen molar-refractivity contribution >= 4 is 5.91 Å². The molecule has 8 heteroatoms. The normalized spacial score (nSPS) is 14.9. The lowest BCUT2D eigenvalue weighted by atomic mass is 9.95. The Hall–Kier alpha value is -2.61. The zero-order valence-electron chi connectivity index (χ0n) is 17.5. The number of piperidine rings is 1. The van der Waals surface area contributed by atoms with Gasteiger partial charge in [-0.3, -0.25) is 9.36 Å². The lowest BCUT2D eigenvalue weighted by molar-refractivity contribution is 0.0710. The van der Waals surface area contributed by atoms with E-state index in [1.165, 1.54) is 4.68 Å². The predicted molar refractivity (Wildman–Crippen MR) is 110 cm³/mol. The van der Waals surface area contributed by atoms with E-state index < -0.39 is 0 Å². The molecule has 1 aromatic carbocycles. The fourth-order valence-electron chi connectivity index (χ4n) is 3.76. The number of amides is 1. The lowest BCUT2D eigenvalue weighted by Gasteiger charge is -2.31. The number of carbonyl (C=O) groups is 1. The van der Waals surface area contributed by atoms with E-state index >= 15 is 0 Å². The average molecular weight is 402 g/mol. The summed E-state index contributed by atoms with van der Waals surface area (Å²) in [6.45, 7) is 7.29. The van der Waals surface area contributed by atoms with Crippen LogP contribution in [0.25, 0.3) is 0 Å². The number of hydrogen-bond acceptors (Lipinski definition) is 5. The molecule has 2 aromatic rings. The number of rotatable bonds is 8. The van der Waals surface area contributed by atoms with Gasteiger partial charge in [-0.05, 0) is 51.0 Å². The summed E-state index contributed by atoms with van der Waals surface area (Å²) in [5.41, 5.74) is 0.577. The van der Waals surface area contributed by atoms with Gasteiger partial charge in [0.2, 0.25) is 0 Å². The van der Waals surface area contributed by atoms with Crippen LogP contribution in [0.15, 0.2) is 29.1 Å². The number of benzene rings is 1. The number of aromatic nitrogens is 3. The highest BCUT2D eigenvalue weighted by atomic mass is 16.5. The maximum Gasteiger partial charge on any atom is 0.345 e. The van der Waals surface area contributed by atoms with Crippen molar-refractivity contribution in [2.45, 2.75) is 45.7 Å². The van der Waals surface area contributed by atoms with Crippen molar-refractivity contribution in [1.29, 1.82) is 0 Å². The van der Waals surface area contributed by atoms with Crippen LogP contribution in [0.4, 0.5) is 0 Å². The monoisotopic (exact) mass is 402 g/mol. The Labute approximate surface area is 171 Å². The van der Waals surface area contributed by atoms with Crippen molar-refractivity contribution in [2.75, 3.05) is 33.4 Å². The van der Waals surface area contributed by atoms with Crippen LogP contribution in [0.2, 0.25) is 0 Å². The molecule has 158 valence electrons. The Morgan fingerprint density at radius 2 is 1.86 bits per heavy atom. The van der Waals surface area contributed by atoms with E-state index in [4.69, 9.17) is 9.47 Å². The van der Waals surface area contributed by atoms with Gasteiger partial charge < -0.3 is 14.4 Å². The van der Waals surface area contributed by atoms with Crippen molar-refractivity contribution in [1.82, 2.24) is 19.2 Å². The summed E-state index contributed by atoms with van der Waals surface area (Å²) in [6.07, 6.45) is 1.59. The summed E-state index contributed by atoms with van der Waals surface area (Å²) in [5, 5.41) is 4.57.